The summed E-state index contributed by atoms with van der Waals surface area (Å²) in [7, 11) is 1.06. The van der Waals surface area contributed by atoms with Crippen LogP contribution >= 0.6 is 0 Å². The summed E-state index contributed by atoms with van der Waals surface area (Å²) >= 11 is 0. The van der Waals surface area contributed by atoms with E-state index >= 15 is 0 Å². The number of rotatable bonds is 3. The van der Waals surface area contributed by atoms with Crippen molar-refractivity contribution >= 4 is 5.97 Å². The number of hydrogen-bond donors (Lipinski definition) is 0. The topological polar surface area (TPSA) is 48.4 Å². The Morgan fingerprint density at radius 3 is 2.22 bits per heavy atom. The summed E-state index contributed by atoms with van der Waals surface area (Å²) in [6.07, 6.45) is -10.6. The van der Waals surface area contributed by atoms with Crippen LogP contribution in [0.4, 0.5) is 22.0 Å². The van der Waals surface area contributed by atoms with Crippen molar-refractivity contribution in [3.8, 4) is 5.75 Å². The van der Waals surface area contributed by atoms with E-state index in [0.717, 1.165) is 19.2 Å². The first-order chi connectivity index (χ1) is 8.17. The second kappa shape index (κ2) is 4.75. The second-order valence-corrected chi connectivity index (χ2v) is 2.99. The van der Waals surface area contributed by atoms with Crippen LogP contribution in [0.15, 0.2) is 18.3 Å². The van der Waals surface area contributed by atoms with Crippen LogP contribution in [0.5, 0.6) is 5.75 Å². The molecule has 0 aromatic carbocycles. The van der Waals surface area contributed by atoms with Gasteiger partial charge < -0.3 is 9.47 Å². The molecule has 0 amide bonds. The molecule has 0 unspecified atom stereocenters. The summed E-state index contributed by atoms with van der Waals surface area (Å²) in [4.78, 5) is 14.2. The number of halogens is 5. The molecule has 18 heavy (non-hydrogen) atoms. The maximum atomic E-state index is 12.5. The van der Waals surface area contributed by atoms with Crippen LogP contribution in [0.3, 0.4) is 0 Å². The van der Waals surface area contributed by atoms with Crippen LogP contribution in [0.25, 0.3) is 0 Å². The third-order valence-electron chi connectivity index (χ3n) is 1.71. The van der Waals surface area contributed by atoms with E-state index in [4.69, 9.17) is 0 Å². The Bertz CT molecular complexity index is 429. The van der Waals surface area contributed by atoms with E-state index in [0.29, 0.717) is 6.20 Å². The van der Waals surface area contributed by atoms with Gasteiger partial charge in [-0.05, 0) is 12.1 Å². The van der Waals surface area contributed by atoms with E-state index in [1.54, 1.807) is 0 Å². The third-order valence-corrected chi connectivity index (χ3v) is 1.71. The summed E-state index contributed by atoms with van der Waals surface area (Å²) in [5, 5.41) is 0. The fraction of sp³-hybridized carbons (Fsp3) is 0.333. The van der Waals surface area contributed by atoms with Crippen molar-refractivity contribution in [2.75, 3.05) is 7.11 Å². The first kappa shape index (κ1) is 14.1. The van der Waals surface area contributed by atoms with Gasteiger partial charge >= 0.3 is 18.3 Å². The van der Waals surface area contributed by atoms with Gasteiger partial charge in [0.1, 0.15) is 11.4 Å². The van der Waals surface area contributed by atoms with Gasteiger partial charge in [-0.2, -0.15) is 22.0 Å². The quantitative estimate of drug-likeness (QED) is 0.625. The zero-order chi connectivity index (χ0) is 14.0. The number of nitrogens with zero attached hydrogens (tertiary/aromatic N) is 1. The lowest BCUT2D eigenvalue weighted by molar-refractivity contribution is -0.360. The average molecular weight is 271 g/mol. The zero-order valence-corrected chi connectivity index (χ0v) is 8.79. The smallest absolute Gasteiger partial charge is 0.464 e. The highest BCUT2D eigenvalue weighted by Gasteiger charge is 2.61. The molecule has 9 heteroatoms. The zero-order valence-electron chi connectivity index (χ0n) is 8.79. The monoisotopic (exact) mass is 271 g/mol. The molecule has 1 heterocycles. The lowest BCUT2D eigenvalue weighted by Gasteiger charge is -2.19. The molecule has 0 radical (unpaired) electrons. The van der Waals surface area contributed by atoms with Gasteiger partial charge in [-0.25, -0.2) is 9.78 Å². The lowest BCUT2D eigenvalue weighted by atomic mass is 10.3. The first-order valence-electron chi connectivity index (χ1n) is 4.35. The molecule has 1 aromatic heterocycles. The Hall–Kier alpha value is -1.93. The third kappa shape index (κ3) is 3.05. The van der Waals surface area contributed by atoms with E-state index in [1.165, 1.54) is 0 Å². The standard InChI is InChI=1S/C9H6F5NO3/c1-17-7(16)6-3-2-5(4-15-6)18-9(13,14)8(10,11)12/h2-4H,1H3. The van der Waals surface area contributed by atoms with E-state index in [1.807, 2.05) is 0 Å². The molecule has 1 aromatic rings. The van der Waals surface area contributed by atoms with Gasteiger partial charge in [-0.15, -0.1) is 0 Å². The molecule has 0 atom stereocenters. The van der Waals surface area contributed by atoms with Crippen LogP contribution in [0.2, 0.25) is 0 Å². The van der Waals surface area contributed by atoms with E-state index in [2.05, 4.69) is 14.5 Å². The minimum absolute atomic E-state index is 0.250. The van der Waals surface area contributed by atoms with Crippen LogP contribution in [-0.2, 0) is 4.74 Å². The number of pyridine rings is 1. The summed E-state index contributed by atoms with van der Waals surface area (Å²) < 4.78 is 68.1. The summed E-state index contributed by atoms with van der Waals surface area (Å²) in [6.45, 7) is 0. The second-order valence-electron chi connectivity index (χ2n) is 2.99. The molecule has 0 spiro atoms. The molecule has 0 saturated carbocycles. The maximum absolute atomic E-state index is 12.5. The van der Waals surface area contributed by atoms with E-state index < -0.39 is 24.0 Å². The number of hydrogen-bond acceptors (Lipinski definition) is 4. The molecule has 4 nitrogen and oxygen atoms in total. The van der Waals surface area contributed by atoms with Gasteiger partial charge in [-0.1, -0.05) is 0 Å². The number of carbonyl (C=O) groups excluding carboxylic acids is 1. The molecule has 0 aliphatic heterocycles. The average Bonchev–Trinajstić information content (AvgIpc) is 2.27. The molecular formula is C9H6F5NO3. The highest BCUT2D eigenvalue weighted by molar-refractivity contribution is 5.87. The minimum Gasteiger partial charge on any atom is -0.464 e. The van der Waals surface area contributed by atoms with E-state index in [9.17, 15) is 26.7 Å². The van der Waals surface area contributed by atoms with Crippen LogP contribution in [0, 0.1) is 0 Å². The Labute approximate surface area is 97.3 Å². The van der Waals surface area contributed by atoms with Crippen LogP contribution < -0.4 is 4.74 Å². The fourth-order valence-electron chi connectivity index (χ4n) is 0.872. The highest BCUT2D eigenvalue weighted by atomic mass is 19.4. The van der Waals surface area contributed by atoms with Crippen LogP contribution in [-0.4, -0.2) is 30.3 Å². The highest BCUT2D eigenvalue weighted by Crippen LogP contribution is 2.36. The Morgan fingerprint density at radius 2 is 1.83 bits per heavy atom. The van der Waals surface area contributed by atoms with Crippen LogP contribution in [0.1, 0.15) is 10.5 Å². The Kier molecular flexibility index (Phi) is 3.73. The normalized spacial score (nSPS) is 12.1. The Balaban J connectivity index is 2.85. The predicted molar refractivity (Wildman–Crippen MR) is 47.2 cm³/mol. The molecule has 0 fully saturated rings. The van der Waals surface area contributed by atoms with Crippen molar-refractivity contribution in [3.63, 3.8) is 0 Å². The van der Waals surface area contributed by atoms with E-state index in [-0.39, 0.29) is 5.69 Å². The number of alkyl halides is 5. The van der Waals surface area contributed by atoms with Crippen molar-refractivity contribution in [1.29, 1.82) is 0 Å². The summed E-state index contributed by atoms with van der Waals surface area (Å²) in [5.74, 6) is -1.69. The van der Waals surface area contributed by atoms with Gasteiger partial charge in [0.15, 0.2) is 0 Å². The van der Waals surface area contributed by atoms with Gasteiger partial charge in [0.2, 0.25) is 0 Å². The van der Waals surface area contributed by atoms with Gasteiger partial charge in [0.05, 0.1) is 13.3 Å². The fourth-order valence-corrected chi connectivity index (χ4v) is 0.872. The number of carbonyl (C=O) groups is 1. The SMILES string of the molecule is COC(=O)c1ccc(OC(F)(F)C(F)(F)F)cn1. The van der Waals surface area contributed by atoms with Crippen molar-refractivity contribution in [3.05, 3.63) is 24.0 Å². The molecule has 0 aliphatic rings. The molecule has 0 N–H and O–H groups in total. The van der Waals surface area contributed by atoms with Crippen molar-refractivity contribution < 1.29 is 36.2 Å². The number of methoxy groups -OCH3 is 1. The maximum Gasteiger partial charge on any atom is 0.499 e. The van der Waals surface area contributed by atoms with Gasteiger partial charge in [-0.3, -0.25) is 0 Å². The molecule has 0 bridgehead atoms. The predicted octanol–water partition coefficient (Wildman–Crippen LogP) is 2.40. The minimum atomic E-state index is -5.84. The number of ether oxygens (including phenoxy) is 2. The Morgan fingerprint density at radius 1 is 1.22 bits per heavy atom. The van der Waals surface area contributed by atoms with Crippen molar-refractivity contribution in [2.24, 2.45) is 0 Å². The summed E-state index contributed by atoms with van der Waals surface area (Å²) in [5.41, 5.74) is -0.250. The molecule has 0 saturated heterocycles. The first-order valence-corrected chi connectivity index (χ1v) is 4.35. The van der Waals surface area contributed by atoms with Gasteiger partial charge in [0, 0.05) is 0 Å². The van der Waals surface area contributed by atoms with Gasteiger partial charge in [0.25, 0.3) is 0 Å². The molecule has 1 rings (SSSR count). The number of aromatic nitrogens is 1. The van der Waals surface area contributed by atoms with Crippen molar-refractivity contribution in [1.82, 2.24) is 4.98 Å². The largest absolute Gasteiger partial charge is 0.499 e. The molecule has 100 valence electrons. The van der Waals surface area contributed by atoms with Crippen molar-refractivity contribution in [2.45, 2.75) is 12.3 Å². The molecule has 0 aliphatic carbocycles. The summed E-state index contributed by atoms with van der Waals surface area (Å²) in [6, 6.07) is 1.65. The lowest BCUT2D eigenvalue weighted by Crippen LogP contribution is -2.41. The number of esters is 1. The molecular weight excluding hydrogens is 265 g/mol.